The molecule has 0 aromatic rings. The number of halogens is 1. The zero-order valence-electron chi connectivity index (χ0n) is 7.76. The molecule has 0 aliphatic rings. The molecule has 0 rings (SSSR count). The lowest BCUT2D eigenvalue weighted by Crippen LogP contribution is -2.34. The second-order valence-electron chi connectivity index (χ2n) is 3.08. The van der Waals surface area contributed by atoms with E-state index in [2.05, 4.69) is 27.9 Å². The molecule has 3 nitrogen and oxygen atoms in total. The number of esters is 1. The average Bonchev–Trinajstić information content (AvgIpc) is 2.00. The van der Waals surface area contributed by atoms with Gasteiger partial charge in [0.25, 0.3) is 0 Å². The molecule has 0 saturated carbocycles. The number of nitrogens with one attached hydrogen (secondary N) is 1. The van der Waals surface area contributed by atoms with Gasteiger partial charge in [-0.15, -0.1) is 0 Å². The summed E-state index contributed by atoms with van der Waals surface area (Å²) in [5.74, 6) is 0.237. The highest BCUT2D eigenvalue weighted by atomic mass is 127. The Hall–Kier alpha value is 0.160. The number of alkyl halides is 1. The van der Waals surface area contributed by atoms with Crippen LogP contribution in [0.2, 0.25) is 0 Å². The molecule has 0 saturated heterocycles. The van der Waals surface area contributed by atoms with Crippen LogP contribution in [0.3, 0.4) is 0 Å². The van der Waals surface area contributed by atoms with Crippen LogP contribution in [0.15, 0.2) is 0 Å². The third kappa shape index (κ3) is 5.77. The molecular weight excluding hydrogens is 269 g/mol. The summed E-state index contributed by atoms with van der Waals surface area (Å²) >= 11 is 2.16. The van der Waals surface area contributed by atoms with Gasteiger partial charge in [0, 0.05) is 4.55 Å². The van der Waals surface area contributed by atoms with Crippen LogP contribution >= 0.6 is 22.6 Å². The second-order valence-corrected chi connectivity index (χ2v) is 3.85. The molecule has 0 aromatic heterocycles. The third-order valence-corrected chi connectivity index (χ3v) is 1.74. The normalized spacial score (nSPS) is 13.1. The third-order valence-electron chi connectivity index (χ3n) is 1.30. The minimum Gasteiger partial charge on any atom is -0.464 e. The fourth-order valence-corrected chi connectivity index (χ4v) is 1.23. The smallest absolute Gasteiger partial charge is 0.322 e. The Balaban J connectivity index is 3.57. The lowest BCUT2D eigenvalue weighted by atomic mass is 10.2. The topological polar surface area (TPSA) is 38.3 Å². The molecule has 0 spiro atoms. The number of ether oxygens (including phenoxy) is 1. The Morgan fingerprint density at radius 1 is 1.50 bits per heavy atom. The van der Waals surface area contributed by atoms with E-state index in [0.717, 1.165) is 4.55 Å². The average molecular weight is 285 g/mol. The predicted molar refractivity (Wildman–Crippen MR) is 57.3 cm³/mol. The molecular formula is C8H16INO2. The van der Waals surface area contributed by atoms with Crippen LogP contribution in [0.4, 0.5) is 0 Å². The molecule has 72 valence electrons. The summed E-state index contributed by atoms with van der Waals surface area (Å²) in [6.45, 7) is 6.35. The van der Waals surface area contributed by atoms with Gasteiger partial charge < -0.3 is 4.74 Å². The minimum absolute atomic E-state index is 0.166. The van der Waals surface area contributed by atoms with Crippen molar-refractivity contribution in [1.82, 2.24) is 5.32 Å². The molecule has 12 heavy (non-hydrogen) atoms. The van der Waals surface area contributed by atoms with Crippen molar-refractivity contribution >= 4 is 28.6 Å². The Kier molecular flexibility index (Phi) is 6.74. The van der Waals surface area contributed by atoms with E-state index in [1.54, 1.807) is 6.92 Å². The molecule has 0 aliphatic heterocycles. The lowest BCUT2D eigenvalue weighted by molar-refractivity contribution is -0.146. The Morgan fingerprint density at radius 3 is 2.50 bits per heavy atom. The maximum absolute atomic E-state index is 11.1. The lowest BCUT2D eigenvalue weighted by Gasteiger charge is -2.12. The van der Waals surface area contributed by atoms with Crippen molar-refractivity contribution in [2.45, 2.75) is 26.8 Å². The first kappa shape index (κ1) is 12.2. The number of hydrogen-bond donors (Lipinski definition) is 1. The van der Waals surface area contributed by atoms with E-state index < -0.39 is 0 Å². The van der Waals surface area contributed by atoms with Crippen LogP contribution in [-0.4, -0.2) is 23.2 Å². The molecule has 0 amide bonds. The van der Waals surface area contributed by atoms with Gasteiger partial charge >= 0.3 is 5.97 Å². The molecule has 1 N–H and O–H groups in total. The van der Waals surface area contributed by atoms with E-state index in [4.69, 9.17) is 4.74 Å². The highest BCUT2D eigenvalue weighted by molar-refractivity contribution is 14.1. The van der Waals surface area contributed by atoms with Gasteiger partial charge in [0.15, 0.2) is 0 Å². The van der Waals surface area contributed by atoms with E-state index in [9.17, 15) is 4.79 Å². The van der Waals surface area contributed by atoms with E-state index in [1.807, 2.05) is 13.8 Å². The molecule has 0 radical (unpaired) electrons. The first-order chi connectivity index (χ1) is 5.57. The predicted octanol–water partition coefficient (Wildman–Crippen LogP) is 1.56. The highest BCUT2D eigenvalue weighted by Gasteiger charge is 2.12. The van der Waals surface area contributed by atoms with Gasteiger partial charge in [0.1, 0.15) is 6.04 Å². The van der Waals surface area contributed by atoms with Crippen molar-refractivity contribution in [2.24, 2.45) is 5.92 Å². The van der Waals surface area contributed by atoms with Crippen molar-refractivity contribution in [1.29, 1.82) is 0 Å². The summed E-state index contributed by atoms with van der Waals surface area (Å²) in [6.07, 6.45) is 0. The van der Waals surface area contributed by atoms with E-state index in [0.29, 0.717) is 12.5 Å². The number of hydrogen-bond acceptors (Lipinski definition) is 3. The van der Waals surface area contributed by atoms with Gasteiger partial charge in [-0.2, -0.15) is 0 Å². The summed E-state index contributed by atoms with van der Waals surface area (Å²) in [5, 5.41) is 2.98. The summed E-state index contributed by atoms with van der Waals surface area (Å²) < 4.78 is 5.77. The van der Waals surface area contributed by atoms with Crippen molar-refractivity contribution in [3.63, 3.8) is 0 Å². The van der Waals surface area contributed by atoms with Crippen LogP contribution in [0.5, 0.6) is 0 Å². The van der Waals surface area contributed by atoms with Gasteiger partial charge in [0.05, 0.1) is 6.61 Å². The molecule has 0 aliphatic carbocycles. The maximum Gasteiger partial charge on any atom is 0.322 e. The van der Waals surface area contributed by atoms with Gasteiger partial charge in [-0.05, 0) is 12.8 Å². The van der Waals surface area contributed by atoms with Gasteiger partial charge in [-0.3, -0.25) is 10.1 Å². The molecule has 1 unspecified atom stereocenters. The maximum atomic E-state index is 11.1. The molecule has 0 fully saturated rings. The number of carbonyl (C=O) groups is 1. The molecule has 1 atom stereocenters. The van der Waals surface area contributed by atoms with Gasteiger partial charge in [-0.1, -0.05) is 36.4 Å². The summed E-state index contributed by atoms with van der Waals surface area (Å²) in [4.78, 5) is 11.1. The zero-order valence-corrected chi connectivity index (χ0v) is 9.92. The van der Waals surface area contributed by atoms with Gasteiger partial charge in [0.2, 0.25) is 0 Å². The Morgan fingerprint density at radius 2 is 2.08 bits per heavy atom. The summed E-state index contributed by atoms with van der Waals surface area (Å²) in [6, 6.07) is -0.194. The SMILES string of the molecule is CC(C)COC(=O)C(C)NCI. The standard InChI is InChI=1S/C8H16INO2/c1-6(2)4-12-8(11)7(3)10-5-9/h6-7,10H,4-5H2,1-3H3. The monoisotopic (exact) mass is 285 g/mol. The molecule has 0 bridgehead atoms. The Bertz CT molecular complexity index is 139. The number of rotatable bonds is 5. The minimum atomic E-state index is -0.194. The van der Waals surface area contributed by atoms with E-state index in [1.165, 1.54) is 0 Å². The fraction of sp³-hybridized carbons (Fsp3) is 0.875. The quantitative estimate of drug-likeness (QED) is 0.360. The zero-order chi connectivity index (χ0) is 9.56. The van der Waals surface area contributed by atoms with Crippen molar-refractivity contribution in [3.05, 3.63) is 0 Å². The summed E-state index contributed by atoms with van der Waals surface area (Å²) in [5.41, 5.74) is 0. The number of carbonyl (C=O) groups excluding carboxylic acids is 1. The van der Waals surface area contributed by atoms with Crippen LogP contribution < -0.4 is 5.32 Å². The van der Waals surface area contributed by atoms with Crippen molar-refractivity contribution in [3.8, 4) is 0 Å². The van der Waals surface area contributed by atoms with Crippen molar-refractivity contribution in [2.75, 3.05) is 11.2 Å². The van der Waals surface area contributed by atoms with E-state index in [-0.39, 0.29) is 12.0 Å². The van der Waals surface area contributed by atoms with Crippen LogP contribution in [-0.2, 0) is 9.53 Å². The van der Waals surface area contributed by atoms with Crippen LogP contribution in [0.25, 0.3) is 0 Å². The van der Waals surface area contributed by atoms with Crippen molar-refractivity contribution < 1.29 is 9.53 Å². The van der Waals surface area contributed by atoms with Gasteiger partial charge in [-0.25, -0.2) is 0 Å². The molecule has 4 heteroatoms. The fourth-order valence-electron chi connectivity index (χ4n) is 0.573. The molecule has 0 aromatic carbocycles. The van der Waals surface area contributed by atoms with Crippen LogP contribution in [0, 0.1) is 5.92 Å². The Labute approximate surface area is 87.4 Å². The summed E-state index contributed by atoms with van der Waals surface area (Å²) in [7, 11) is 0. The first-order valence-electron chi connectivity index (χ1n) is 4.04. The van der Waals surface area contributed by atoms with E-state index >= 15 is 0 Å². The second kappa shape index (κ2) is 6.65. The highest BCUT2D eigenvalue weighted by Crippen LogP contribution is 1.95. The molecule has 0 heterocycles. The van der Waals surface area contributed by atoms with Crippen LogP contribution in [0.1, 0.15) is 20.8 Å². The first-order valence-corrected chi connectivity index (χ1v) is 5.56. The largest absolute Gasteiger partial charge is 0.464 e.